The lowest BCUT2D eigenvalue weighted by atomic mass is 10.2. The van der Waals surface area contributed by atoms with Gasteiger partial charge >= 0.3 is 0 Å². The molecular weight excluding hydrogens is 266 g/mol. The van der Waals surface area contributed by atoms with Gasteiger partial charge in [0, 0.05) is 27.5 Å². The molecule has 1 heterocycles. The first-order valence-electron chi connectivity index (χ1n) is 3.93. The van der Waals surface area contributed by atoms with Gasteiger partial charge in [-0.05, 0) is 17.0 Å². The molecule has 2 rings (SSSR count). The van der Waals surface area contributed by atoms with Crippen molar-refractivity contribution in [3.63, 3.8) is 0 Å². The summed E-state index contributed by atoms with van der Waals surface area (Å²) in [6.45, 7) is 0. The van der Waals surface area contributed by atoms with Crippen LogP contribution in [0, 0.1) is 10.1 Å². The third-order valence-corrected chi connectivity index (χ3v) is 3.61. The molecule has 2 aromatic rings. The molecule has 72 valence electrons. The van der Waals surface area contributed by atoms with Gasteiger partial charge in [-0.2, -0.15) is 0 Å². The molecule has 0 saturated carbocycles. The highest BCUT2D eigenvalue weighted by Gasteiger charge is 2.09. The van der Waals surface area contributed by atoms with Crippen molar-refractivity contribution in [2.75, 3.05) is 0 Å². The fourth-order valence-corrected chi connectivity index (χ4v) is 2.91. The molecule has 0 radical (unpaired) electrons. The highest BCUT2D eigenvalue weighted by Crippen LogP contribution is 2.30. The van der Waals surface area contributed by atoms with Crippen molar-refractivity contribution in [2.45, 2.75) is 5.33 Å². The third-order valence-electron chi connectivity index (χ3n) is 1.99. The summed E-state index contributed by atoms with van der Waals surface area (Å²) in [7, 11) is 0. The Morgan fingerprint density at radius 3 is 2.93 bits per heavy atom. The number of nitro benzene ring substituents is 1. The summed E-state index contributed by atoms with van der Waals surface area (Å²) in [5.41, 5.74) is 1.26. The second-order valence-corrected chi connectivity index (χ2v) is 4.30. The smallest absolute Gasteiger partial charge is 0.258 e. The number of fused-ring (bicyclic) bond motifs is 1. The Labute approximate surface area is 92.6 Å². The summed E-state index contributed by atoms with van der Waals surface area (Å²) in [5, 5.41) is 14.3. The minimum atomic E-state index is -0.366. The Bertz CT molecular complexity index is 495. The predicted molar refractivity (Wildman–Crippen MR) is 61.1 cm³/mol. The van der Waals surface area contributed by atoms with Crippen LogP contribution in [0.4, 0.5) is 5.69 Å². The van der Waals surface area contributed by atoms with Crippen molar-refractivity contribution in [1.82, 2.24) is 0 Å². The van der Waals surface area contributed by atoms with Gasteiger partial charge in [0.25, 0.3) is 5.69 Å². The summed E-state index contributed by atoms with van der Waals surface area (Å²) in [5.74, 6) is 0. The van der Waals surface area contributed by atoms with E-state index < -0.39 is 0 Å². The molecule has 1 aromatic heterocycles. The SMILES string of the molecule is O=[N+]([O-])c1ccc2scc(CBr)c2c1. The number of nitrogens with zero attached hydrogens (tertiary/aromatic N) is 1. The van der Waals surface area contributed by atoms with Crippen LogP contribution in [0.3, 0.4) is 0 Å². The van der Waals surface area contributed by atoms with Crippen LogP contribution in [0.5, 0.6) is 0 Å². The van der Waals surface area contributed by atoms with Crippen LogP contribution in [0.1, 0.15) is 5.56 Å². The van der Waals surface area contributed by atoms with E-state index in [1.807, 2.05) is 5.38 Å². The summed E-state index contributed by atoms with van der Waals surface area (Å²) in [6, 6.07) is 4.96. The van der Waals surface area contributed by atoms with E-state index in [1.54, 1.807) is 23.5 Å². The minimum absolute atomic E-state index is 0.151. The van der Waals surface area contributed by atoms with E-state index in [0.717, 1.165) is 21.0 Å². The van der Waals surface area contributed by atoms with Gasteiger partial charge in [-0.3, -0.25) is 10.1 Å². The van der Waals surface area contributed by atoms with Crippen molar-refractivity contribution in [2.24, 2.45) is 0 Å². The molecule has 14 heavy (non-hydrogen) atoms. The van der Waals surface area contributed by atoms with E-state index in [1.165, 1.54) is 6.07 Å². The molecule has 0 bridgehead atoms. The van der Waals surface area contributed by atoms with E-state index in [2.05, 4.69) is 15.9 Å². The summed E-state index contributed by atoms with van der Waals surface area (Å²) in [6.07, 6.45) is 0. The van der Waals surface area contributed by atoms with Gasteiger partial charge in [-0.1, -0.05) is 15.9 Å². The van der Waals surface area contributed by atoms with Crippen LogP contribution in [0.25, 0.3) is 10.1 Å². The molecule has 0 spiro atoms. The van der Waals surface area contributed by atoms with Crippen molar-refractivity contribution in [3.05, 3.63) is 39.3 Å². The van der Waals surface area contributed by atoms with Gasteiger partial charge in [0.05, 0.1) is 4.92 Å². The molecule has 1 aromatic carbocycles. The number of rotatable bonds is 2. The van der Waals surface area contributed by atoms with Crippen LogP contribution < -0.4 is 0 Å². The van der Waals surface area contributed by atoms with Gasteiger partial charge in [0.2, 0.25) is 0 Å². The number of nitro groups is 1. The quantitative estimate of drug-likeness (QED) is 0.475. The fourth-order valence-electron chi connectivity index (χ4n) is 1.29. The molecule has 0 aliphatic rings. The molecule has 0 N–H and O–H groups in total. The molecular formula is C9H6BrNO2S. The van der Waals surface area contributed by atoms with Gasteiger partial charge in [0.15, 0.2) is 0 Å². The Morgan fingerprint density at radius 1 is 1.50 bits per heavy atom. The average Bonchev–Trinajstić information content (AvgIpc) is 2.59. The monoisotopic (exact) mass is 271 g/mol. The molecule has 0 aliphatic carbocycles. The zero-order valence-corrected chi connectivity index (χ0v) is 9.47. The van der Waals surface area contributed by atoms with Gasteiger partial charge in [0.1, 0.15) is 0 Å². The van der Waals surface area contributed by atoms with Crippen molar-refractivity contribution >= 4 is 43.0 Å². The van der Waals surface area contributed by atoms with Gasteiger partial charge in [-0.25, -0.2) is 0 Å². The van der Waals surface area contributed by atoms with Crippen molar-refractivity contribution in [1.29, 1.82) is 0 Å². The Morgan fingerprint density at radius 2 is 2.29 bits per heavy atom. The first kappa shape index (κ1) is 9.61. The molecule has 0 atom stereocenters. The van der Waals surface area contributed by atoms with Crippen LogP contribution in [0.15, 0.2) is 23.6 Å². The standard InChI is InChI=1S/C9H6BrNO2S/c10-4-6-5-14-9-2-1-7(11(12)13)3-8(6)9/h1-3,5H,4H2. The maximum atomic E-state index is 10.6. The molecule has 0 amide bonds. The number of thiophene rings is 1. The Balaban J connectivity index is 2.67. The number of hydrogen-bond donors (Lipinski definition) is 0. The average molecular weight is 272 g/mol. The number of non-ortho nitro benzene ring substituents is 1. The molecule has 5 heteroatoms. The maximum Gasteiger partial charge on any atom is 0.270 e. The number of hydrogen-bond acceptors (Lipinski definition) is 3. The van der Waals surface area contributed by atoms with E-state index >= 15 is 0 Å². The van der Waals surface area contributed by atoms with Crippen molar-refractivity contribution in [3.8, 4) is 0 Å². The van der Waals surface area contributed by atoms with Crippen LogP contribution in [0.2, 0.25) is 0 Å². The second-order valence-electron chi connectivity index (χ2n) is 2.83. The first-order valence-corrected chi connectivity index (χ1v) is 5.93. The molecule has 0 fully saturated rings. The zero-order valence-electron chi connectivity index (χ0n) is 7.07. The van der Waals surface area contributed by atoms with E-state index in [0.29, 0.717) is 0 Å². The normalized spacial score (nSPS) is 10.6. The fraction of sp³-hybridized carbons (Fsp3) is 0.111. The largest absolute Gasteiger partial charge is 0.270 e. The van der Waals surface area contributed by atoms with Crippen LogP contribution in [-0.4, -0.2) is 4.92 Å². The molecule has 0 saturated heterocycles. The topological polar surface area (TPSA) is 43.1 Å². The Hall–Kier alpha value is -0.940. The second kappa shape index (κ2) is 3.67. The van der Waals surface area contributed by atoms with Crippen LogP contribution in [-0.2, 0) is 5.33 Å². The summed E-state index contributed by atoms with van der Waals surface area (Å²) >= 11 is 4.96. The van der Waals surface area contributed by atoms with E-state index in [-0.39, 0.29) is 10.6 Å². The summed E-state index contributed by atoms with van der Waals surface area (Å²) in [4.78, 5) is 10.2. The molecule has 3 nitrogen and oxygen atoms in total. The van der Waals surface area contributed by atoms with E-state index in [9.17, 15) is 10.1 Å². The van der Waals surface area contributed by atoms with Gasteiger partial charge in [-0.15, -0.1) is 11.3 Å². The van der Waals surface area contributed by atoms with Crippen molar-refractivity contribution < 1.29 is 4.92 Å². The summed E-state index contributed by atoms with van der Waals surface area (Å²) < 4.78 is 1.09. The van der Waals surface area contributed by atoms with Crippen LogP contribution >= 0.6 is 27.3 Å². The van der Waals surface area contributed by atoms with E-state index in [4.69, 9.17) is 0 Å². The lowest BCUT2D eigenvalue weighted by Gasteiger charge is -1.93. The lowest BCUT2D eigenvalue weighted by Crippen LogP contribution is -1.86. The predicted octanol–water partition coefficient (Wildman–Crippen LogP) is 3.70. The molecule has 0 aliphatic heterocycles. The van der Waals surface area contributed by atoms with Gasteiger partial charge < -0.3 is 0 Å². The molecule has 0 unspecified atom stereocenters. The highest BCUT2D eigenvalue weighted by molar-refractivity contribution is 9.08. The number of alkyl halides is 1. The lowest BCUT2D eigenvalue weighted by molar-refractivity contribution is -0.384. The number of benzene rings is 1. The first-order chi connectivity index (χ1) is 6.72. The maximum absolute atomic E-state index is 10.6. The Kier molecular flexibility index (Phi) is 2.52. The zero-order chi connectivity index (χ0) is 10.1. The third kappa shape index (κ3) is 1.53. The minimum Gasteiger partial charge on any atom is -0.258 e. The number of halogens is 1. The highest BCUT2D eigenvalue weighted by atomic mass is 79.9.